The fourth-order valence-corrected chi connectivity index (χ4v) is 2.53. The molecule has 3 nitrogen and oxygen atoms in total. The summed E-state index contributed by atoms with van der Waals surface area (Å²) in [6, 6.07) is 6.56. The minimum atomic E-state index is -0.477. The molecule has 2 aromatic rings. The van der Waals surface area contributed by atoms with Crippen LogP contribution in [0, 0.1) is 24.1 Å². The van der Waals surface area contributed by atoms with Gasteiger partial charge in [0.15, 0.2) is 0 Å². The number of hydrogen-bond acceptors (Lipinski definition) is 4. The molecule has 5 heteroatoms. The summed E-state index contributed by atoms with van der Waals surface area (Å²) in [4.78, 5) is 4.41. The van der Waals surface area contributed by atoms with Gasteiger partial charge in [0.2, 0.25) is 0 Å². The maximum atomic E-state index is 13.2. The molecule has 1 aromatic heterocycles. The molecule has 0 aliphatic carbocycles. The van der Waals surface area contributed by atoms with E-state index < -0.39 is 5.82 Å². The molecule has 1 aromatic carbocycles. The van der Waals surface area contributed by atoms with Crippen LogP contribution in [0.3, 0.4) is 0 Å². The first-order chi connectivity index (χ1) is 9.10. The molecule has 0 radical (unpaired) electrons. The van der Waals surface area contributed by atoms with Gasteiger partial charge in [-0.1, -0.05) is 6.07 Å². The second-order valence-electron chi connectivity index (χ2n) is 4.36. The van der Waals surface area contributed by atoms with Gasteiger partial charge in [0.05, 0.1) is 11.6 Å². The number of nitriles is 1. The molecule has 0 amide bonds. The van der Waals surface area contributed by atoms with Crippen molar-refractivity contribution in [3.63, 3.8) is 0 Å². The van der Waals surface area contributed by atoms with Crippen LogP contribution in [0.4, 0.5) is 4.39 Å². The molecule has 0 spiro atoms. The lowest BCUT2D eigenvalue weighted by atomic mass is 10.1. The molecule has 1 N–H and O–H groups in total. The lowest BCUT2D eigenvalue weighted by Gasteiger charge is -2.11. The van der Waals surface area contributed by atoms with E-state index in [1.807, 2.05) is 25.3 Å². The van der Waals surface area contributed by atoms with Crippen LogP contribution in [-0.4, -0.2) is 4.98 Å². The molecular formula is C14H14FN3S. The maximum absolute atomic E-state index is 13.2. The zero-order valence-corrected chi connectivity index (χ0v) is 11.6. The molecule has 0 aliphatic heterocycles. The summed E-state index contributed by atoms with van der Waals surface area (Å²) < 4.78 is 13.2. The monoisotopic (exact) mass is 275 g/mol. The predicted molar refractivity (Wildman–Crippen MR) is 73.2 cm³/mol. The van der Waals surface area contributed by atoms with Crippen molar-refractivity contribution in [1.29, 1.82) is 5.26 Å². The van der Waals surface area contributed by atoms with E-state index in [1.165, 1.54) is 6.07 Å². The number of aryl methyl sites for hydroxylation is 1. The second kappa shape index (κ2) is 5.91. The van der Waals surface area contributed by atoms with E-state index in [2.05, 4.69) is 10.3 Å². The largest absolute Gasteiger partial charge is 0.304 e. The summed E-state index contributed by atoms with van der Waals surface area (Å²) in [5, 5.41) is 15.1. The van der Waals surface area contributed by atoms with Crippen molar-refractivity contribution in [3.8, 4) is 6.07 Å². The van der Waals surface area contributed by atoms with Crippen molar-refractivity contribution >= 4 is 11.3 Å². The molecule has 2 rings (SSSR count). The summed E-state index contributed by atoms with van der Waals surface area (Å²) in [5.74, 6) is -0.477. The highest BCUT2D eigenvalue weighted by atomic mass is 32.1. The third-order valence-corrected chi connectivity index (χ3v) is 3.92. The molecule has 0 bridgehead atoms. The second-order valence-corrected chi connectivity index (χ2v) is 5.25. The number of nitrogens with one attached hydrogen (secondary N) is 1. The van der Waals surface area contributed by atoms with Gasteiger partial charge in [0.25, 0.3) is 0 Å². The lowest BCUT2D eigenvalue weighted by molar-refractivity contribution is 0.569. The van der Waals surface area contributed by atoms with Crippen molar-refractivity contribution in [2.24, 2.45) is 0 Å². The molecule has 1 atom stereocenters. The van der Waals surface area contributed by atoms with E-state index in [0.717, 1.165) is 16.3 Å². The molecule has 1 heterocycles. The highest BCUT2D eigenvalue weighted by molar-refractivity contribution is 7.09. The van der Waals surface area contributed by atoms with Gasteiger partial charge in [-0.05, 0) is 31.5 Å². The van der Waals surface area contributed by atoms with Crippen LogP contribution in [0.2, 0.25) is 0 Å². The highest BCUT2D eigenvalue weighted by Gasteiger charge is 2.09. The van der Waals surface area contributed by atoms with Gasteiger partial charge >= 0.3 is 0 Å². The standard InChI is InChI=1S/C14H14FN3S/c1-9-8-19-14(18-9)10(2)17-7-11-3-4-13(15)12(5-11)6-16/h3-5,8,10,17H,7H2,1-2H3. The Morgan fingerprint density at radius 1 is 1.53 bits per heavy atom. The third-order valence-electron chi connectivity index (χ3n) is 2.77. The van der Waals surface area contributed by atoms with E-state index in [4.69, 9.17) is 5.26 Å². The zero-order chi connectivity index (χ0) is 13.8. The Morgan fingerprint density at radius 2 is 2.32 bits per heavy atom. The van der Waals surface area contributed by atoms with Crippen molar-refractivity contribution in [3.05, 3.63) is 51.2 Å². The van der Waals surface area contributed by atoms with Gasteiger partial charge in [-0.3, -0.25) is 0 Å². The Balaban J connectivity index is 2.01. The molecule has 1 unspecified atom stereocenters. The van der Waals surface area contributed by atoms with Crippen LogP contribution in [0.15, 0.2) is 23.6 Å². The minimum Gasteiger partial charge on any atom is -0.304 e. The molecule has 0 aliphatic rings. The fraction of sp³-hybridized carbons (Fsp3) is 0.286. The molecule has 0 saturated carbocycles. The van der Waals surface area contributed by atoms with Gasteiger partial charge < -0.3 is 5.32 Å². The first kappa shape index (κ1) is 13.7. The minimum absolute atomic E-state index is 0.0806. The van der Waals surface area contributed by atoms with Crippen LogP contribution in [0.25, 0.3) is 0 Å². The summed E-state index contributed by atoms with van der Waals surface area (Å²) in [6.07, 6.45) is 0. The van der Waals surface area contributed by atoms with E-state index in [-0.39, 0.29) is 11.6 Å². The molecule has 98 valence electrons. The van der Waals surface area contributed by atoms with Gasteiger partial charge in [-0.2, -0.15) is 5.26 Å². The molecule has 0 saturated heterocycles. The Bertz CT molecular complexity index is 615. The van der Waals surface area contributed by atoms with Crippen LogP contribution in [-0.2, 0) is 6.54 Å². The first-order valence-corrected chi connectivity index (χ1v) is 6.82. The van der Waals surface area contributed by atoms with Crippen LogP contribution >= 0.6 is 11.3 Å². The third kappa shape index (κ3) is 3.37. The van der Waals surface area contributed by atoms with Gasteiger partial charge in [-0.25, -0.2) is 9.37 Å². The number of benzene rings is 1. The topological polar surface area (TPSA) is 48.7 Å². The predicted octanol–water partition coefficient (Wildman–Crippen LogP) is 3.31. The maximum Gasteiger partial charge on any atom is 0.140 e. The average Bonchev–Trinajstić information content (AvgIpc) is 2.84. The van der Waals surface area contributed by atoms with Gasteiger partial charge in [0.1, 0.15) is 16.9 Å². The number of rotatable bonds is 4. The summed E-state index contributed by atoms with van der Waals surface area (Å²) >= 11 is 1.62. The zero-order valence-electron chi connectivity index (χ0n) is 10.8. The van der Waals surface area contributed by atoms with Gasteiger partial charge in [0, 0.05) is 17.6 Å². The van der Waals surface area contributed by atoms with E-state index in [0.29, 0.717) is 6.54 Å². The number of halogens is 1. The normalized spacial score (nSPS) is 12.1. The van der Waals surface area contributed by atoms with Crippen LogP contribution in [0.1, 0.15) is 34.8 Å². The SMILES string of the molecule is Cc1csc(C(C)NCc2ccc(F)c(C#N)c2)n1. The van der Waals surface area contributed by atoms with E-state index in [1.54, 1.807) is 23.5 Å². The van der Waals surface area contributed by atoms with Gasteiger partial charge in [-0.15, -0.1) is 11.3 Å². The molecule has 0 fully saturated rings. The van der Waals surface area contributed by atoms with Crippen LogP contribution < -0.4 is 5.32 Å². The Morgan fingerprint density at radius 3 is 2.95 bits per heavy atom. The highest BCUT2D eigenvalue weighted by Crippen LogP contribution is 2.18. The van der Waals surface area contributed by atoms with Crippen molar-refractivity contribution in [2.75, 3.05) is 0 Å². The number of nitrogens with zero attached hydrogens (tertiary/aromatic N) is 2. The number of aromatic nitrogens is 1. The first-order valence-electron chi connectivity index (χ1n) is 5.94. The van der Waals surface area contributed by atoms with E-state index in [9.17, 15) is 4.39 Å². The summed E-state index contributed by atoms with van der Waals surface area (Å²) in [6.45, 7) is 4.58. The summed E-state index contributed by atoms with van der Waals surface area (Å²) in [7, 11) is 0. The Kier molecular flexibility index (Phi) is 4.25. The van der Waals surface area contributed by atoms with Crippen LogP contribution in [0.5, 0.6) is 0 Å². The van der Waals surface area contributed by atoms with E-state index >= 15 is 0 Å². The fourth-order valence-electron chi connectivity index (χ4n) is 1.70. The lowest BCUT2D eigenvalue weighted by Crippen LogP contribution is -2.18. The molecular weight excluding hydrogens is 261 g/mol. The Labute approximate surface area is 115 Å². The number of thiazole rings is 1. The average molecular weight is 275 g/mol. The quantitative estimate of drug-likeness (QED) is 0.931. The molecule has 19 heavy (non-hydrogen) atoms. The van der Waals surface area contributed by atoms with Crippen molar-refractivity contribution in [2.45, 2.75) is 26.4 Å². The summed E-state index contributed by atoms with van der Waals surface area (Å²) in [5.41, 5.74) is 1.98. The smallest absolute Gasteiger partial charge is 0.140 e. The van der Waals surface area contributed by atoms with Crippen molar-refractivity contribution in [1.82, 2.24) is 10.3 Å². The Hall–Kier alpha value is -1.77. The van der Waals surface area contributed by atoms with Crippen molar-refractivity contribution < 1.29 is 4.39 Å². The number of hydrogen-bond donors (Lipinski definition) is 1.